The summed E-state index contributed by atoms with van der Waals surface area (Å²) in [5.74, 6) is 6.31. The van der Waals surface area contributed by atoms with E-state index in [1.807, 2.05) is 5.01 Å². The molecule has 0 radical (unpaired) electrons. The monoisotopic (exact) mass is 130 g/mol. The molecule has 0 saturated carbocycles. The summed E-state index contributed by atoms with van der Waals surface area (Å²) in [5.41, 5.74) is 0. The molecule has 0 amide bonds. The molecule has 56 valence electrons. The average Bonchev–Trinajstić information content (AvgIpc) is 1.87. The first-order valence-electron chi connectivity index (χ1n) is 3.70. The highest BCUT2D eigenvalue weighted by Crippen LogP contribution is 1.99. The van der Waals surface area contributed by atoms with Gasteiger partial charge in [0.1, 0.15) is 0 Å². The second-order valence-electron chi connectivity index (χ2n) is 2.60. The van der Waals surface area contributed by atoms with Crippen LogP contribution in [-0.2, 0) is 0 Å². The lowest BCUT2D eigenvalue weighted by atomic mass is 10.1. The molecule has 0 aromatic carbocycles. The second kappa shape index (κ2) is 4.77. The van der Waals surface area contributed by atoms with Gasteiger partial charge in [-0.3, -0.25) is 5.84 Å². The van der Waals surface area contributed by atoms with Crippen molar-refractivity contribution < 1.29 is 0 Å². The van der Waals surface area contributed by atoms with E-state index >= 15 is 0 Å². The van der Waals surface area contributed by atoms with Gasteiger partial charge < -0.3 is 0 Å². The summed E-state index contributed by atoms with van der Waals surface area (Å²) < 4.78 is 0. The molecule has 0 aliphatic carbocycles. The summed E-state index contributed by atoms with van der Waals surface area (Å²) in [5, 5.41) is 1.86. The lowest BCUT2D eigenvalue weighted by Crippen LogP contribution is -2.34. The molecule has 9 heavy (non-hydrogen) atoms. The van der Waals surface area contributed by atoms with Gasteiger partial charge in [-0.25, -0.2) is 5.01 Å². The van der Waals surface area contributed by atoms with E-state index in [-0.39, 0.29) is 0 Å². The number of nitrogens with zero attached hydrogens (tertiary/aromatic N) is 1. The van der Waals surface area contributed by atoms with E-state index in [4.69, 9.17) is 5.84 Å². The SMILES string of the molecule is CCC(C)CN(N)CC. The Morgan fingerprint density at radius 3 is 2.33 bits per heavy atom. The van der Waals surface area contributed by atoms with Crippen LogP contribution in [0.1, 0.15) is 27.2 Å². The Kier molecular flexibility index (Phi) is 4.72. The summed E-state index contributed by atoms with van der Waals surface area (Å²) >= 11 is 0. The van der Waals surface area contributed by atoms with Crippen molar-refractivity contribution in [2.75, 3.05) is 13.1 Å². The first-order valence-corrected chi connectivity index (χ1v) is 3.70. The average molecular weight is 130 g/mol. The van der Waals surface area contributed by atoms with E-state index in [0.717, 1.165) is 19.0 Å². The zero-order valence-corrected chi connectivity index (χ0v) is 6.72. The summed E-state index contributed by atoms with van der Waals surface area (Å²) in [4.78, 5) is 0. The third-order valence-electron chi connectivity index (χ3n) is 1.65. The largest absolute Gasteiger partial charge is 0.269 e. The topological polar surface area (TPSA) is 29.3 Å². The maximum Gasteiger partial charge on any atom is 0.0154 e. The normalized spacial score (nSPS) is 14.3. The highest BCUT2D eigenvalue weighted by Gasteiger charge is 2.00. The van der Waals surface area contributed by atoms with Crippen molar-refractivity contribution in [2.24, 2.45) is 11.8 Å². The first-order chi connectivity index (χ1) is 4.20. The van der Waals surface area contributed by atoms with E-state index in [1.54, 1.807) is 0 Å². The quantitative estimate of drug-likeness (QED) is 0.458. The molecule has 0 bridgehead atoms. The molecule has 1 unspecified atom stereocenters. The minimum atomic E-state index is 0.731. The van der Waals surface area contributed by atoms with Crippen LogP contribution in [0.5, 0.6) is 0 Å². The third-order valence-corrected chi connectivity index (χ3v) is 1.65. The van der Waals surface area contributed by atoms with Crippen molar-refractivity contribution in [1.82, 2.24) is 5.01 Å². The Bertz CT molecular complexity index is 55.9. The molecule has 0 rings (SSSR count). The summed E-state index contributed by atoms with van der Waals surface area (Å²) in [6, 6.07) is 0. The van der Waals surface area contributed by atoms with Crippen molar-refractivity contribution >= 4 is 0 Å². The van der Waals surface area contributed by atoms with Crippen LogP contribution >= 0.6 is 0 Å². The highest BCUT2D eigenvalue weighted by molar-refractivity contribution is 4.52. The zero-order chi connectivity index (χ0) is 7.28. The van der Waals surface area contributed by atoms with Crippen molar-refractivity contribution in [3.8, 4) is 0 Å². The van der Waals surface area contributed by atoms with E-state index in [9.17, 15) is 0 Å². The van der Waals surface area contributed by atoms with Crippen molar-refractivity contribution in [3.63, 3.8) is 0 Å². The molecule has 0 aliphatic heterocycles. The number of hydrogen-bond acceptors (Lipinski definition) is 2. The van der Waals surface area contributed by atoms with Gasteiger partial charge in [0.2, 0.25) is 0 Å². The van der Waals surface area contributed by atoms with Gasteiger partial charge >= 0.3 is 0 Å². The van der Waals surface area contributed by atoms with Crippen LogP contribution < -0.4 is 5.84 Å². The Hall–Kier alpha value is -0.0800. The van der Waals surface area contributed by atoms with Crippen LogP contribution in [-0.4, -0.2) is 18.1 Å². The molecular weight excluding hydrogens is 112 g/mol. The van der Waals surface area contributed by atoms with Crippen LogP contribution in [0.4, 0.5) is 0 Å². The van der Waals surface area contributed by atoms with Gasteiger partial charge in [-0.15, -0.1) is 0 Å². The zero-order valence-electron chi connectivity index (χ0n) is 6.72. The Morgan fingerprint density at radius 2 is 2.00 bits per heavy atom. The molecule has 2 heteroatoms. The number of nitrogens with two attached hydrogens (primary N) is 1. The lowest BCUT2D eigenvalue weighted by Gasteiger charge is -2.17. The maximum absolute atomic E-state index is 5.58. The Balaban J connectivity index is 3.22. The minimum absolute atomic E-state index is 0.731. The molecule has 0 heterocycles. The van der Waals surface area contributed by atoms with E-state index < -0.39 is 0 Å². The molecule has 0 aromatic rings. The fraction of sp³-hybridized carbons (Fsp3) is 1.00. The minimum Gasteiger partial charge on any atom is -0.269 e. The van der Waals surface area contributed by atoms with Crippen LogP contribution in [0, 0.1) is 5.92 Å². The molecule has 1 atom stereocenters. The molecule has 2 nitrogen and oxygen atoms in total. The van der Waals surface area contributed by atoms with Crippen LogP contribution in [0.15, 0.2) is 0 Å². The van der Waals surface area contributed by atoms with Crippen LogP contribution in [0.25, 0.3) is 0 Å². The molecule has 0 aromatic heterocycles. The van der Waals surface area contributed by atoms with E-state index in [0.29, 0.717) is 0 Å². The van der Waals surface area contributed by atoms with Gasteiger partial charge in [0.15, 0.2) is 0 Å². The van der Waals surface area contributed by atoms with Gasteiger partial charge in [-0.1, -0.05) is 27.2 Å². The molecule has 0 spiro atoms. The fourth-order valence-corrected chi connectivity index (χ4v) is 0.659. The Labute approximate surface area is 58.0 Å². The molecule has 0 fully saturated rings. The molecule has 2 N–H and O–H groups in total. The van der Waals surface area contributed by atoms with Gasteiger partial charge in [0.25, 0.3) is 0 Å². The predicted molar refractivity (Wildman–Crippen MR) is 40.9 cm³/mol. The number of hydrogen-bond donors (Lipinski definition) is 1. The standard InChI is InChI=1S/C7H18N2/c1-4-7(3)6-9(8)5-2/h7H,4-6,8H2,1-3H3. The highest BCUT2D eigenvalue weighted by atomic mass is 15.4. The Morgan fingerprint density at radius 1 is 1.44 bits per heavy atom. The molecule has 0 aliphatic rings. The summed E-state index contributed by atoms with van der Waals surface area (Å²) in [6.45, 7) is 8.45. The van der Waals surface area contributed by atoms with Gasteiger partial charge in [0.05, 0.1) is 0 Å². The van der Waals surface area contributed by atoms with E-state index in [2.05, 4.69) is 20.8 Å². The summed E-state index contributed by atoms with van der Waals surface area (Å²) in [7, 11) is 0. The van der Waals surface area contributed by atoms with Gasteiger partial charge in [-0.05, 0) is 5.92 Å². The first kappa shape index (κ1) is 8.92. The van der Waals surface area contributed by atoms with Crippen molar-refractivity contribution in [3.05, 3.63) is 0 Å². The predicted octanol–water partition coefficient (Wildman–Crippen LogP) is 1.23. The lowest BCUT2D eigenvalue weighted by molar-refractivity contribution is 0.253. The molecule has 0 saturated heterocycles. The van der Waals surface area contributed by atoms with Crippen molar-refractivity contribution in [2.45, 2.75) is 27.2 Å². The van der Waals surface area contributed by atoms with Gasteiger partial charge in [0, 0.05) is 13.1 Å². The fourth-order valence-electron chi connectivity index (χ4n) is 0.659. The van der Waals surface area contributed by atoms with Crippen LogP contribution in [0.2, 0.25) is 0 Å². The smallest absolute Gasteiger partial charge is 0.0154 e. The number of rotatable bonds is 4. The van der Waals surface area contributed by atoms with Crippen LogP contribution in [0.3, 0.4) is 0 Å². The van der Waals surface area contributed by atoms with E-state index in [1.165, 1.54) is 6.42 Å². The third kappa shape index (κ3) is 4.43. The molecular formula is C7H18N2. The maximum atomic E-state index is 5.58. The van der Waals surface area contributed by atoms with Gasteiger partial charge in [-0.2, -0.15) is 0 Å². The second-order valence-corrected chi connectivity index (χ2v) is 2.60. The summed E-state index contributed by atoms with van der Waals surface area (Å²) in [6.07, 6.45) is 1.22. The number of hydrazine groups is 1. The van der Waals surface area contributed by atoms with Crippen molar-refractivity contribution in [1.29, 1.82) is 0 Å².